The van der Waals surface area contributed by atoms with Crippen LogP contribution in [0.2, 0.25) is 0 Å². The summed E-state index contributed by atoms with van der Waals surface area (Å²) in [6.07, 6.45) is 6.21. The van der Waals surface area contributed by atoms with Gasteiger partial charge in [0.2, 0.25) is 0 Å². The molecule has 0 fully saturated rings. The van der Waals surface area contributed by atoms with Gasteiger partial charge in [-0.1, -0.05) is 57.9 Å². The first-order valence-corrected chi connectivity index (χ1v) is 7.56. The van der Waals surface area contributed by atoms with Crippen molar-refractivity contribution >= 4 is 0 Å². The van der Waals surface area contributed by atoms with Gasteiger partial charge in [-0.25, -0.2) is 0 Å². The molecule has 0 aliphatic heterocycles. The Morgan fingerprint density at radius 3 is 1.94 bits per heavy atom. The zero-order chi connectivity index (χ0) is 13.4. The summed E-state index contributed by atoms with van der Waals surface area (Å²) < 4.78 is 0. The Kier molecular flexibility index (Phi) is 7.04. The fourth-order valence-corrected chi connectivity index (χ4v) is 2.50. The van der Waals surface area contributed by atoms with E-state index in [4.69, 9.17) is 0 Å². The summed E-state index contributed by atoms with van der Waals surface area (Å²) in [5.74, 6) is 0. The van der Waals surface area contributed by atoms with Crippen LogP contribution in [-0.2, 0) is 6.42 Å². The van der Waals surface area contributed by atoms with Crippen molar-refractivity contribution in [2.24, 2.45) is 0 Å². The largest absolute Gasteiger partial charge is 0.307 e. The minimum Gasteiger partial charge on any atom is -0.307 e. The van der Waals surface area contributed by atoms with Crippen LogP contribution in [-0.4, -0.2) is 6.04 Å². The molecule has 18 heavy (non-hydrogen) atoms. The SMILES string of the molecule is CCCC(CCC)NC(C)c1ccc(CC)cc1. The zero-order valence-electron chi connectivity index (χ0n) is 12.5. The topological polar surface area (TPSA) is 12.0 Å². The molecule has 0 saturated heterocycles. The Morgan fingerprint density at radius 2 is 1.50 bits per heavy atom. The highest BCUT2D eigenvalue weighted by Crippen LogP contribution is 2.17. The molecule has 0 bridgehead atoms. The third-order valence-electron chi connectivity index (χ3n) is 3.65. The summed E-state index contributed by atoms with van der Waals surface area (Å²) in [6.45, 7) is 9.02. The molecule has 1 unspecified atom stereocenters. The Labute approximate surface area is 113 Å². The molecule has 1 aromatic carbocycles. The number of nitrogens with one attached hydrogen (secondary N) is 1. The van der Waals surface area contributed by atoms with Crippen LogP contribution in [0.25, 0.3) is 0 Å². The van der Waals surface area contributed by atoms with E-state index in [2.05, 4.69) is 57.3 Å². The van der Waals surface area contributed by atoms with Gasteiger partial charge < -0.3 is 5.32 Å². The molecule has 1 N–H and O–H groups in total. The van der Waals surface area contributed by atoms with Gasteiger partial charge in [0, 0.05) is 12.1 Å². The summed E-state index contributed by atoms with van der Waals surface area (Å²) in [5.41, 5.74) is 2.83. The number of benzene rings is 1. The molecule has 0 radical (unpaired) electrons. The first-order valence-electron chi connectivity index (χ1n) is 7.56. The second-order valence-corrected chi connectivity index (χ2v) is 5.26. The van der Waals surface area contributed by atoms with E-state index in [9.17, 15) is 0 Å². The van der Waals surface area contributed by atoms with Crippen LogP contribution >= 0.6 is 0 Å². The number of aryl methyl sites for hydroxylation is 1. The van der Waals surface area contributed by atoms with E-state index in [1.54, 1.807) is 0 Å². The summed E-state index contributed by atoms with van der Waals surface area (Å²) in [6, 6.07) is 10.2. The molecule has 0 saturated carbocycles. The van der Waals surface area contributed by atoms with Gasteiger partial charge in [0.1, 0.15) is 0 Å². The van der Waals surface area contributed by atoms with Crippen LogP contribution < -0.4 is 5.32 Å². The van der Waals surface area contributed by atoms with Crippen molar-refractivity contribution in [3.05, 3.63) is 35.4 Å². The number of hydrogen-bond acceptors (Lipinski definition) is 1. The second-order valence-electron chi connectivity index (χ2n) is 5.26. The lowest BCUT2D eigenvalue weighted by Crippen LogP contribution is -2.31. The Morgan fingerprint density at radius 1 is 0.944 bits per heavy atom. The highest BCUT2D eigenvalue weighted by molar-refractivity contribution is 5.24. The van der Waals surface area contributed by atoms with E-state index in [-0.39, 0.29) is 0 Å². The Bertz CT molecular complexity index is 309. The predicted octanol–water partition coefficient (Wildman–Crippen LogP) is 4.87. The lowest BCUT2D eigenvalue weighted by molar-refractivity contribution is 0.402. The molecule has 0 spiro atoms. The van der Waals surface area contributed by atoms with Crippen LogP contribution in [0.4, 0.5) is 0 Å². The molecule has 0 aliphatic carbocycles. The first kappa shape index (κ1) is 15.2. The fourth-order valence-electron chi connectivity index (χ4n) is 2.50. The third-order valence-corrected chi connectivity index (χ3v) is 3.65. The van der Waals surface area contributed by atoms with Crippen molar-refractivity contribution < 1.29 is 0 Å². The van der Waals surface area contributed by atoms with Crippen LogP contribution in [0, 0.1) is 0 Å². The molecular weight excluding hydrogens is 218 g/mol. The number of rotatable bonds is 8. The van der Waals surface area contributed by atoms with E-state index in [1.165, 1.54) is 36.8 Å². The summed E-state index contributed by atoms with van der Waals surface area (Å²) in [4.78, 5) is 0. The van der Waals surface area contributed by atoms with Crippen molar-refractivity contribution in [1.82, 2.24) is 5.32 Å². The minimum atomic E-state index is 0.457. The van der Waals surface area contributed by atoms with Gasteiger partial charge in [-0.15, -0.1) is 0 Å². The molecule has 0 aromatic heterocycles. The predicted molar refractivity (Wildman–Crippen MR) is 81.0 cm³/mol. The van der Waals surface area contributed by atoms with Gasteiger partial charge in [0.05, 0.1) is 0 Å². The van der Waals surface area contributed by atoms with E-state index in [0.717, 1.165) is 6.42 Å². The quantitative estimate of drug-likeness (QED) is 0.691. The second kappa shape index (κ2) is 8.31. The number of hydrogen-bond donors (Lipinski definition) is 1. The highest BCUT2D eigenvalue weighted by atomic mass is 14.9. The standard InChI is InChI=1S/C17H29N/c1-5-8-17(9-6-2)18-14(4)16-12-10-15(7-3)11-13-16/h10-14,17-18H,5-9H2,1-4H3. The zero-order valence-corrected chi connectivity index (χ0v) is 12.5. The summed E-state index contributed by atoms with van der Waals surface area (Å²) >= 11 is 0. The average Bonchev–Trinajstić information content (AvgIpc) is 2.39. The molecule has 1 rings (SSSR count). The fraction of sp³-hybridized carbons (Fsp3) is 0.647. The van der Waals surface area contributed by atoms with Gasteiger partial charge in [-0.2, -0.15) is 0 Å². The monoisotopic (exact) mass is 247 g/mol. The lowest BCUT2D eigenvalue weighted by atomic mass is 10.0. The van der Waals surface area contributed by atoms with Crippen molar-refractivity contribution in [2.45, 2.75) is 71.9 Å². The van der Waals surface area contributed by atoms with Gasteiger partial charge in [-0.05, 0) is 37.3 Å². The van der Waals surface area contributed by atoms with Crippen LogP contribution in [0.5, 0.6) is 0 Å². The maximum atomic E-state index is 3.77. The molecule has 1 aromatic rings. The van der Waals surface area contributed by atoms with Gasteiger partial charge in [0.15, 0.2) is 0 Å². The third kappa shape index (κ3) is 4.81. The van der Waals surface area contributed by atoms with Crippen molar-refractivity contribution in [2.75, 3.05) is 0 Å². The average molecular weight is 247 g/mol. The summed E-state index contributed by atoms with van der Waals surface area (Å²) in [7, 11) is 0. The summed E-state index contributed by atoms with van der Waals surface area (Å²) in [5, 5.41) is 3.77. The first-order chi connectivity index (χ1) is 8.71. The molecule has 1 heteroatoms. The highest BCUT2D eigenvalue weighted by Gasteiger charge is 2.11. The molecular formula is C17H29N. The maximum absolute atomic E-state index is 3.77. The van der Waals surface area contributed by atoms with Crippen LogP contribution in [0.3, 0.4) is 0 Å². The minimum absolute atomic E-state index is 0.457. The maximum Gasteiger partial charge on any atom is 0.0294 e. The van der Waals surface area contributed by atoms with E-state index in [0.29, 0.717) is 12.1 Å². The molecule has 1 nitrogen and oxygen atoms in total. The molecule has 0 amide bonds. The van der Waals surface area contributed by atoms with E-state index >= 15 is 0 Å². The van der Waals surface area contributed by atoms with Crippen molar-refractivity contribution in [1.29, 1.82) is 0 Å². The molecule has 0 heterocycles. The normalized spacial score (nSPS) is 12.9. The Hall–Kier alpha value is -0.820. The molecule has 0 aliphatic rings. The molecule has 102 valence electrons. The van der Waals surface area contributed by atoms with Gasteiger partial charge in [-0.3, -0.25) is 0 Å². The Balaban J connectivity index is 2.58. The van der Waals surface area contributed by atoms with Gasteiger partial charge >= 0.3 is 0 Å². The van der Waals surface area contributed by atoms with E-state index < -0.39 is 0 Å². The molecule has 1 atom stereocenters. The van der Waals surface area contributed by atoms with Crippen LogP contribution in [0.1, 0.15) is 70.5 Å². The van der Waals surface area contributed by atoms with Gasteiger partial charge in [0.25, 0.3) is 0 Å². The smallest absolute Gasteiger partial charge is 0.0294 e. The lowest BCUT2D eigenvalue weighted by Gasteiger charge is -2.23. The van der Waals surface area contributed by atoms with Crippen molar-refractivity contribution in [3.8, 4) is 0 Å². The van der Waals surface area contributed by atoms with Crippen molar-refractivity contribution in [3.63, 3.8) is 0 Å². The van der Waals surface area contributed by atoms with Crippen LogP contribution in [0.15, 0.2) is 24.3 Å². The van der Waals surface area contributed by atoms with E-state index in [1.807, 2.05) is 0 Å².